The number of hydrogen-bond donors (Lipinski definition) is 1. The highest BCUT2D eigenvalue weighted by Gasteiger charge is 2.22. The van der Waals surface area contributed by atoms with E-state index in [1.807, 2.05) is 36.4 Å². The summed E-state index contributed by atoms with van der Waals surface area (Å²) in [4.78, 5) is 30.5. The van der Waals surface area contributed by atoms with Crippen LogP contribution in [-0.4, -0.2) is 58.5 Å². The molecule has 2 aromatic carbocycles. The summed E-state index contributed by atoms with van der Waals surface area (Å²) in [6, 6.07) is 18.0. The summed E-state index contributed by atoms with van der Waals surface area (Å²) in [5.74, 6) is 0.869. The maximum Gasteiger partial charge on any atom is 0.238 e. The Morgan fingerprint density at radius 2 is 1.73 bits per heavy atom. The lowest BCUT2D eigenvalue weighted by Crippen LogP contribution is -2.49. The third-order valence-electron chi connectivity index (χ3n) is 5.69. The van der Waals surface area contributed by atoms with Gasteiger partial charge in [-0.3, -0.25) is 14.7 Å². The molecule has 0 bridgehead atoms. The van der Waals surface area contributed by atoms with E-state index in [0.717, 1.165) is 35.4 Å². The predicted octanol–water partition coefficient (Wildman–Crippen LogP) is 3.59. The molecule has 1 amide bonds. The molecule has 7 nitrogen and oxygen atoms in total. The number of carbonyl (C=O) groups excluding carboxylic acids is 1. The van der Waals surface area contributed by atoms with Gasteiger partial charge in [0.15, 0.2) is 5.82 Å². The third kappa shape index (κ3) is 4.65. The molecule has 5 rings (SSSR count). The van der Waals surface area contributed by atoms with Crippen LogP contribution in [-0.2, 0) is 4.79 Å². The quantitative estimate of drug-likeness (QED) is 0.509. The van der Waals surface area contributed by atoms with Gasteiger partial charge in [0.05, 0.1) is 17.7 Å². The van der Waals surface area contributed by atoms with E-state index in [2.05, 4.69) is 20.1 Å². The Kier molecular flexibility index (Phi) is 5.91. The second-order valence-corrected chi connectivity index (χ2v) is 7.92. The number of para-hydroxylation sites is 2. The molecule has 33 heavy (non-hydrogen) atoms. The van der Waals surface area contributed by atoms with Crippen molar-refractivity contribution < 1.29 is 9.18 Å². The van der Waals surface area contributed by atoms with E-state index < -0.39 is 5.82 Å². The van der Waals surface area contributed by atoms with E-state index in [1.165, 1.54) is 6.07 Å². The molecule has 1 saturated heterocycles. The van der Waals surface area contributed by atoms with Gasteiger partial charge in [0, 0.05) is 49.5 Å². The molecule has 1 fully saturated rings. The molecule has 0 radical (unpaired) electrons. The summed E-state index contributed by atoms with van der Waals surface area (Å²) in [6.45, 7) is 3.06. The SMILES string of the molecule is O=C(CN1CCN(c2nc(-c3cccnc3)nc3ccccc23)CC1)Nc1ccccc1F. The molecule has 3 heterocycles. The lowest BCUT2D eigenvalue weighted by Gasteiger charge is -2.35. The van der Waals surface area contributed by atoms with Gasteiger partial charge in [0.2, 0.25) is 5.91 Å². The Hall–Kier alpha value is -3.91. The van der Waals surface area contributed by atoms with Crippen LogP contribution >= 0.6 is 0 Å². The van der Waals surface area contributed by atoms with Crippen LogP contribution in [0.1, 0.15) is 0 Å². The van der Waals surface area contributed by atoms with E-state index >= 15 is 0 Å². The first kappa shape index (κ1) is 21.0. The maximum absolute atomic E-state index is 13.8. The van der Waals surface area contributed by atoms with Crippen LogP contribution < -0.4 is 10.2 Å². The van der Waals surface area contributed by atoms with Gasteiger partial charge in [-0.25, -0.2) is 14.4 Å². The minimum Gasteiger partial charge on any atom is -0.353 e. The number of aromatic nitrogens is 3. The monoisotopic (exact) mass is 442 g/mol. The molecule has 1 aliphatic heterocycles. The second kappa shape index (κ2) is 9.30. The number of rotatable bonds is 5. The summed E-state index contributed by atoms with van der Waals surface area (Å²) >= 11 is 0. The number of piperazine rings is 1. The van der Waals surface area contributed by atoms with Crippen LogP contribution in [0.15, 0.2) is 73.1 Å². The van der Waals surface area contributed by atoms with Crippen molar-refractivity contribution in [2.24, 2.45) is 0 Å². The highest BCUT2D eigenvalue weighted by atomic mass is 19.1. The largest absolute Gasteiger partial charge is 0.353 e. The third-order valence-corrected chi connectivity index (χ3v) is 5.69. The Morgan fingerprint density at radius 1 is 0.939 bits per heavy atom. The molecule has 1 N–H and O–H groups in total. The normalized spacial score (nSPS) is 14.4. The molecule has 0 saturated carbocycles. The van der Waals surface area contributed by atoms with Crippen molar-refractivity contribution in [2.75, 3.05) is 42.9 Å². The lowest BCUT2D eigenvalue weighted by molar-refractivity contribution is -0.117. The first-order valence-corrected chi connectivity index (χ1v) is 10.9. The Balaban J connectivity index is 1.30. The highest BCUT2D eigenvalue weighted by Crippen LogP contribution is 2.28. The molecule has 8 heteroatoms. The van der Waals surface area contributed by atoms with Crippen LogP contribution in [0.5, 0.6) is 0 Å². The van der Waals surface area contributed by atoms with Crippen molar-refractivity contribution in [3.05, 3.63) is 78.9 Å². The van der Waals surface area contributed by atoms with E-state index in [4.69, 9.17) is 9.97 Å². The fraction of sp³-hybridized carbons (Fsp3) is 0.200. The van der Waals surface area contributed by atoms with Crippen molar-refractivity contribution in [2.45, 2.75) is 0 Å². The van der Waals surface area contributed by atoms with Crippen LogP contribution in [0.2, 0.25) is 0 Å². The van der Waals surface area contributed by atoms with Crippen molar-refractivity contribution in [1.82, 2.24) is 19.9 Å². The van der Waals surface area contributed by atoms with Gasteiger partial charge in [0.25, 0.3) is 0 Å². The van der Waals surface area contributed by atoms with Gasteiger partial charge in [-0.1, -0.05) is 24.3 Å². The Morgan fingerprint density at radius 3 is 2.52 bits per heavy atom. The van der Waals surface area contributed by atoms with Crippen molar-refractivity contribution in [3.8, 4) is 11.4 Å². The van der Waals surface area contributed by atoms with E-state index in [1.54, 1.807) is 30.6 Å². The van der Waals surface area contributed by atoms with E-state index in [0.29, 0.717) is 18.9 Å². The summed E-state index contributed by atoms with van der Waals surface area (Å²) in [5.41, 5.74) is 1.96. The average Bonchev–Trinajstić information content (AvgIpc) is 2.86. The van der Waals surface area contributed by atoms with Crippen LogP contribution in [0.4, 0.5) is 15.9 Å². The van der Waals surface area contributed by atoms with Gasteiger partial charge >= 0.3 is 0 Å². The zero-order chi connectivity index (χ0) is 22.6. The first-order chi connectivity index (χ1) is 16.2. The van der Waals surface area contributed by atoms with Crippen molar-refractivity contribution >= 4 is 28.3 Å². The first-order valence-electron chi connectivity index (χ1n) is 10.9. The van der Waals surface area contributed by atoms with E-state index in [-0.39, 0.29) is 18.1 Å². The fourth-order valence-corrected chi connectivity index (χ4v) is 4.00. The molecule has 2 aromatic heterocycles. The lowest BCUT2D eigenvalue weighted by atomic mass is 10.2. The number of carbonyl (C=O) groups is 1. The topological polar surface area (TPSA) is 74.2 Å². The maximum atomic E-state index is 13.8. The Labute approximate surface area is 190 Å². The number of fused-ring (bicyclic) bond motifs is 1. The number of benzene rings is 2. The number of anilines is 2. The predicted molar refractivity (Wildman–Crippen MR) is 126 cm³/mol. The Bertz CT molecular complexity index is 1270. The van der Waals surface area contributed by atoms with Gasteiger partial charge in [-0.05, 0) is 36.4 Å². The van der Waals surface area contributed by atoms with Crippen molar-refractivity contribution in [1.29, 1.82) is 0 Å². The number of nitrogens with one attached hydrogen (secondary N) is 1. The molecular formula is C25H23FN6O. The zero-order valence-corrected chi connectivity index (χ0v) is 18.0. The summed E-state index contributed by atoms with van der Waals surface area (Å²) < 4.78 is 13.8. The van der Waals surface area contributed by atoms with Gasteiger partial charge in [0.1, 0.15) is 11.6 Å². The average molecular weight is 442 g/mol. The molecular weight excluding hydrogens is 419 g/mol. The zero-order valence-electron chi connectivity index (χ0n) is 18.0. The number of nitrogens with zero attached hydrogens (tertiary/aromatic N) is 5. The van der Waals surface area contributed by atoms with Gasteiger partial charge in [-0.2, -0.15) is 0 Å². The van der Waals surface area contributed by atoms with Gasteiger partial charge < -0.3 is 10.2 Å². The number of hydrogen-bond acceptors (Lipinski definition) is 6. The molecule has 0 spiro atoms. The second-order valence-electron chi connectivity index (χ2n) is 7.92. The summed E-state index contributed by atoms with van der Waals surface area (Å²) in [7, 11) is 0. The molecule has 0 aliphatic carbocycles. The van der Waals surface area contributed by atoms with Crippen LogP contribution in [0.25, 0.3) is 22.3 Å². The van der Waals surface area contributed by atoms with Crippen molar-refractivity contribution in [3.63, 3.8) is 0 Å². The number of amides is 1. The van der Waals surface area contributed by atoms with Gasteiger partial charge in [-0.15, -0.1) is 0 Å². The molecule has 0 atom stereocenters. The fourth-order valence-electron chi connectivity index (χ4n) is 4.00. The standard InChI is InChI=1S/C25H23FN6O/c26-20-8-2-4-10-22(20)28-23(33)17-31-12-14-32(15-13-31)25-19-7-1-3-9-21(19)29-24(30-25)18-6-5-11-27-16-18/h1-11,16H,12-15,17H2,(H,28,33). The molecule has 0 unspecified atom stereocenters. The number of halogens is 1. The molecule has 1 aliphatic rings. The number of pyridine rings is 1. The molecule has 166 valence electrons. The van der Waals surface area contributed by atoms with E-state index in [9.17, 15) is 9.18 Å². The van der Waals surface area contributed by atoms with Crippen LogP contribution in [0, 0.1) is 5.82 Å². The smallest absolute Gasteiger partial charge is 0.238 e. The summed E-state index contributed by atoms with van der Waals surface area (Å²) in [5, 5.41) is 3.65. The molecule has 4 aromatic rings. The summed E-state index contributed by atoms with van der Waals surface area (Å²) in [6.07, 6.45) is 3.49. The van der Waals surface area contributed by atoms with Crippen LogP contribution in [0.3, 0.4) is 0 Å². The highest BCUT2D eigenvalue weighted by molar-refractivity contribution is 5.92. The minimum atomic E-state index is -0.435. The minimum absolute atomic E-state index is 0.205.